The van der Waals surface area contributed by atoms with E-state index in [1.165, 1.54) is 4.90 Å². The molecule has 2 aromatic rings. The number of thioether (sulfide) groups is 1. The van der Waals surface area contributed by atoms with Crippen molar-refractivity contribution in [3.05, 3.63) is 34.7 Å². The summed E-state index contributed by atoms with van der Waals surface area (Å²) in [5, 5.41) is 2.67. The number of urea groups is 1. The second kappa shape index (κ2) is 6.95. The summed E-state index contributed by atoms with van der Waals surface area (Å²) in [5.74, 6) is 1.38. The number of rotatable bonds is 7. The van der Waals surface area contributed by atoms with Crippen LogP contribution < -0.4 is 11.0 Å². The van der Waals surface area contributed by atoms with Gasteiger partial charge in [-0.1, -0.05) is 12.1 Å². The predicted molar refractivity (Wildman–Crippen MR) is 98.8 cm³/mol. The average Bonchev–Trinajstić information content (AvgIpc) is 2.97. The van der Waals surface area contributed by atoms with E-state index in [1.54, 1.807) is 30.2 Å². The molecular formula is C17H22N4O3S. The van der Waals surface area contributed by atoms with Gasteiger partial charge >= 0.3 is 11.7 Å². The van der Waals surface area contributed by atoms with E-state index in [9.17, 15) is 14.4 Å². The topological polar surface area (TPSA) is 87.2 Å². The predicted octanol–water partition coefficient (Wildman–Crippen LogP) is 1.78. The maximum atomic E-state index is 12.1. The molecule has 2 heterocycles. The fourth-order valence-corrected chi connectivity index (χ4v) is 3.78. The Morgan fingerprint density at radius 2 is 1.84 bits per heavy atom. The number of H-pyrrole nitrogens is 1. The number of nitrogens with one attached hydrogen (secondary N) is 2. The van der Waals surface area contributed by atoms with Gasteiger partial charge in [-0.05, 0) is 38.2 Å². The summed E-state index contributed by atoms with van der Waals surface area (Å²) in [4.78, 5) is 39.9. The quantitative estimate of drug-likeness (QED) is 0.581. The molecule has 0 saturated carbocycles. The molecule has 134 valence electrons. The van der Waals surface area contributed by atoms with Crippen molar-refractivity contribution in [1.82, 2.24) is 19.8 Å². The van der Waals surface area contributed by atoms with E-state index in [4.69, 9.17) is 0 Å². The lowest BCUT2D eigenvalue weighted by Gasteiger charge is -2.15. The van der Waals surface area contributed by atoms with Crippen molar-refractivity contribution in [2.75, 3.05) is 18.1 Å². The van der Waals surface area contributed by atoms with Gasteiger partial charge in [0.1, 0.15) is 5.54 Å². The molecule has 3 amide bonds. The van der Waals surface area contributed by atoms with Crippen LogP contribution >= 0.6 is 11.8 Å². The summed E-state index contributed by atoms with van der Waals surface area (Å²) in [6, 6.07) is 7.32. The highest BCUT2D eigenvalue weighted by atomic mass is 32.2. The van der Waals surface area contributed by atoms with Crippen molar-refractivity contribution in [2.24, 2.45) is 0 Å². The molecule has 0 spiro atoms. The highest BCUT2D eigenvalue weighted by Crippen LogP contribution is 2.17. The second-order valence-electron chi connectivity index (χ2n) is 6.58. The zero-order valence-electron chi connectivity index (χ0n) is 14.4. The van der Waals surface area contributed by atoms with Gasteiger partial charge in [0.25, 0.3) is 5.91 Å². The van der Waals surface area contributed by atoms with Gasteiger partial charge in [-0.2, -0.15) is 11.8 Å². The highest BCUT2D eigenvalue weighted by Gasteiger charge is 2.43. The maximum absolute atomic E-state index is 12.1. The monoisotopic (exact) mass is 362 g/mol. The number of amides is 3. The molecule has 25 heavy (non-hydrogen) atoms. The Hall–Kier alpha value is -2.22. The lowest BCUT2D eigenvalue weighted by Crippen LogP contribution is -2.40. The number of hydrogen-bond acceptors (Lipinski definition) is 4. The van der Waals surface area contributed by atoms with Gasteiger partial charge in [0.05, 0.1) is 11.0 Å². The normalized spacial score (nSPS) is 16.6. The van der Waals surface area contributed by atoms with Gasteiger partial charge in [-0.3, -0.25) is 14.3 Å². The minimum absolute atomic E-state index is 0.0900. The van der Waals surface area contributed by atoms with Gasteiger partial charge in [0.2, 0.25) is 0 Å². The minimum atomic E-state index is -0.807. The number of para-hydroxylation sites is 2. The third kappa shape index (κ3) is 3.58. The molecule has 0 bridgehead atoms. The molecule has 2 N–H and O–H groups in total. The lowest BCUT2D eigenvalue weighted by atomic mass is 10.1. The molecular weight excluding hydrogens is 340 g/mol. The van der Waals surface area contributed by atoms with E-state index < -0.39 is 5.54 Å². The first-order chi connectivity index (χ1) is 11.9. The van der Waals surface area contributed by atoms with E-state index in [1.807, 2.05) is 24.3 Å². The summed E-state index contributed by atoms with van der Waals surface area (Å²) in [7, 11) is 0. The average molecular weight is 362 g/mol. The molecule has 1 fully saturated rings. The molecule has 1 aliphatic rings. The summed E-state index contributed by atoms with van der Waals surface area (Å²) in [6.45, 7) is 4.47. The van der Waals surface area contributed by atoms with Crippen molar-refractivity contribution in [3.63, 3.8) is 0 Å². The van der Waals surface area contributed by atoms with Crippen molar-refractivity contribution >= 4 is 34.7 Å². The van der Waals surface area contributed by atoms with E-state index in [0.29, 0.717) is 18.8 Å². The molecule has 8 heteroatoms. The third-order valence-electron chi connectivity index (χ3n) is 4.26. The molecule has 1 saturated heterocycles. The number of nitrogens with zero attached hydrogens (tertiary/aromatic N) is 2. The van der Waals surface area contributed by atoms with Crippen molar-refractivity contribution < 1.29 is 9.59 Å². The van der Waals surface area contributed by atoms with Crippen LogP contribution in [0.25, 0.3) is 11.0 Å². The number of imidazole rings is 1. The van der Waals surface area contributed by atoms with Crippen LogP contribution in [0.5, 0.6) is 0 Å². The number of aromatic amines is 1. The first-order valence-electron chi connectivity index (χ1n) is 8.29. The number of carbonyl (C=O) groups is 2. The van der Waals surface area contributed by atoms with E-state index in [2.05, 4.69) is 10.3 Å². The number of fused-ring (bicyclic) bond motifs is 1. The smallest absolute Gasteiger partial charge is 0.324 e. The van der Waals surface area contributed by atoms with Crippen LogP contribution in [0.2, 0.25) is 0 Å². The third-order valence-corrected chi connectivity index (χ3v) is 5.30. The lowest BCUT2D eigenvalue weighted by molar-refractivity contribution is -0.130. The Labute approximate surface area is 149 Å². The van der Waals surface area contributed by atoms with Crippen LogP contribution in [0, 0.1) is 0 Å². The van der Waals surface area contributed by atoms with Gasteiger partial charge in [-0.25, -0.2) is 9.59 Å². The van der Waals surface area contributed by atoms with Crippen LogP contribution in [-0.4, -0.2) is 50.0 Å². The molecule has 1 aromatic carbocycles. The van der Waals surface area contributed by atoms with Crippen LogP contribution in [0.4, 0.5) is 4.79 Å². The van der Waals surface area contributed by atoms with Crippen LogP contribution in [0.1, 0.15) is 20.3 Å². The SMILES string of the molecule is CC1(C)NC(=O)N(CCSCCCn2c(=O)[nH]c3ccccc32)C1=O. The van der Waals surface area contributed by atoms with Crippen LogP contribution in [-0.2, 0) is 11.3 Å². The first-order valence-corrected chi connectivity index (χ1v) is 9.45. The van der Waals surface area contributed by atoms with Crippen LogP contribution in [0.3, 0.4) is 0 Å². The summed E-state index contributed by atoms with van der Waals surface area (Å²) >= 11 is 1.68. The molecule has 0 radical (unpaired) electrons. The largest absolute Gasteiger partial charge is 0.326 e. The number of aromatic nitrogens is 2. The molecule has 0 unspecified atom stereocenters. The zero-order chi connectivity index (χ0) is 18.0. The van der Waals surface area contributed by atoms with Gasteiger partial charge in [0.15, 0.2) is 0 Å². The molecule has 3 rings (SSSR count). The maximum Gasteiger partial charge on any atom is 0.326 e. The number of benzene rings is 1. The van der Waals surface area contributed by atoms with Crippen molar-refractivity contribution in [1.29, 1.82) is 0 Å². The standard InChI is InChI=1S/C17H22N4O3S/c1-17(2)14(22)21(16(24)19-17)9-11-25-10-5-8-20-13-7-4-3-6-12(13)18-15(20)23/h3-4,6-7H,5,8-11H2,1-2H3,(H,18,23)(H,19,24). The minimum Gasteiger partial charge on any atom is -0.324 e. The van der Waals surface area contributed by atoms with E-state index in [-0.39, 0.29) is 17.6 Å². The zero-order valence-corrected chi connectivity index (χ0v) is 15.2. The van der Waals surface area contributed by atoms with E-state index in [0.717, 1.165) is 23.2 Å². The molecule has 0 aliphatic carbocycles. The molecule has 7 nitrogen and oxygen atoms in total. The Kier molecular flexibility index (Phi) is 4.89. The van der Waals surface area contributed by atoms with Gasteiger partial charge in [-0.15, -0.1) is 0 Å². The molecule has 1 aliphatic heterocycles. The number of hydrogen-bond donors (Lipinski definition) is 2. The molecule has 0 atom stereocenters. The summed E-state index contributed by atoms with van der Waals surface area (Å²) in [5.41, 5.74) is 0.867. The highest BCUT2D eigenvalue weighted by molar-refractivity contribution is 7.99. The molecule has 1 aromatic heterocycles. The van der Waals surface area contributed by atoms with Gasteiger partial charge in [0, 0.05) is 18.8 Å². The van der Waals surface area contributed by atoms with Gasteiger partial charge < -0.3 is 10.3 Å². The number of aryl methyl sites for hydroxylation is 1. The first kappa shape index (κ1) is 17.6. The Bertz CT molecular complexity index is 855. The fraction of sp³-hybridized carbons (Fsp3) is 0.471. The number of carbonyl (C=O) groups excluding carboxylic acids is 2. The fourth-order valence-electron chi connectivity index (χ4n) is 2.93. The van der Waals surface area contributed by atoms with E-state index >= 15 is 0 Å². The van der Waals surface area contributed by atoms with Crippen molar-refractivity contribution in [3.8, 4) is 0 Å². The summed E-state index contributed by atoms with van der Waals surface area (Å²) < 4.78 is 1.75. The number of imide groups is 1. The van der Waals surface area contributed by atoms with Crippen LogP contribution in [0.15, 0.2) is 29.1 Å². The van der Waals surface area contributed by atoms with Crippen molar-refractivity contribution in [2.45, 2.75) is 32.4 Å². The summed E-state index contributed by atoms with van der Waals surface area (Å²) in [6.07, 6.45) is 0.845. The Balaban J connectivity index is 1.44. The second-order valence-corrected chi connectivity index (χ2v) is 7.80. The Morgan fingerprint density at radius 3 is 2.56 bits per heavy atom. The Morgan fingerprint density at radius 1 is 1.08 bits per heavy atom.